The van der Waals surface area contributed by atoms with Crippen LogP contribution in [0, 0.1) is 0 Å². The Hall–Kier alpha value is -2.89. The van der Waals surface area contributed by atoms with Gasteiger partial charge in [-0.25, -0.2) is 0 Å². The van der Waals surface area contributed by atoms with E-state index in [4.69, 9.17) is 16.4 Å². The van der Waals surface area contributed by atoms with Gasteiger partial charge in [-0.3, -0.25) is 9.78 Å². The van der Waals surface area contributed by atoms with Gasteiger partial charge in [-0.1, -0.05) is 47.1 Å². The van der Waals surface area contributed by atoms with Crippen LogP contribution >= 0.6 is 24.0 Å². The lowest BCUT2D eigenvalue weighted by atomic mass is 10.0. The van der Waals surface area contributed by atoms with E-state index < -0.39 is 6.10 Å². The minimum atomic E-state index is -0.641. The number of carbonyl (C=O) groups excluding carboxylic acids is 1. The maximum atomic E-state index is 12.5. The van der Waals surface area contributed by atoms with Gasteiger partial charge in [0, 0.05) is 35.1 Å². The summed E-state index contributed by atoms with van der Waals surface area (Å²) in [4.78, 5) is 21.8. The van der Waals surface area contributed by atoms with Gasteiger partial charge in [-0.2, -0.15) is 0 Å². The predicted molar refractivity (Wildman–Crippen MR) is 117 cm³/mol. The standard InChI is InChI=1S/C22H18ClN3O2.ClH/c23-19-6-2-1-4-16(19)12-15-7-9-18(10-8-15)25-22(27)21-13-20(26-28-21)17-5-3-11-24-14-17;/h1-11,14,21H,12-13H2,(H,25,27);1H/t21-;/m0./s1. The SMILES string of the molecule is Cl.O=C(Nc1ccc(Cc2ccccc2Cl)cc1)[C@@H]1CC(c2cccnc2)=NO1. The monoisotopic (exact) mass is 427 g/mol. The number of hydrogen-bond acceptors (Lipinski definition) is 4. The molecule has 0 fully saturated rings. The molecule has 1 aliphatic heterocycles. The van der Waals surface area contributed by atoms with Crippen LogP contribution in [-0.4, -0.2) is 22.7 Å². The molecule has 1 aromatic heterocycles. The summed E-state index contributed by atoms with van der Waals surface area (Å²) >= 11 is 6.22. The molecule has 0 bridgehead atoms. The number of rotatable bonds is 5. The molecule has 0 saturated heterocycles. The molecule has 0 spiro atoms. The summed E-state index contributed by atoms with van der Waals surface area (Å²) < 4.78 is 0. The van der Waals surface area contributed by atoms with Gasteiger partial charge in [0.05, 0.1) is 5.71 Å². The van der Waals surface area contributed by atoms with Crippen molar-refractivity contribution in [3.05, 3.63) is 94.8 Å². The summed E-state index contributed by atoms with van der Waals surface area (Å²) in [6.07, 6.45) is 3.92. The van der Waals surface area contributed by atoms with Crippen molar-refractivity contribution >= 4 is 41.3 Å². The number of benzene rings is 2. The first-order valence-electron chi connectivity index (χ1n) is 8.95. The van der Waals surface area contributed by atoms with E-state index in [-0.39, 0.29) is 18.3 Å². The van der Waals surface area contributed by atoms with E-state index in [0.717, 1.165) is 33.8 Å². The number of hydrogen-bond donors (Lipinski definition) is 1. The first kappa shape index (κ1) is 20.8. The average Bonchev–Trinajstić information content (AvgIpc) is 3.22. The molecule has 5 nitrogen and oxygen atoms in total. The number of aromatic nitrogens is 1. The number of nitrogens with one attached hydrogen (secondary N) is 1. The average molecular weight is 428 g/mol. The van der Waals surface area contributed by atoms with E-state index in [9.17, 15) is 4.79 Å². The van der Waals surface area contributed by atoms with Crippen molar-refractivity contribution in [1.82, 2.24) is 4.98 Å². The normalized spacial score (nSPS) is 15.1. The Morgan fingerprint density at radius 2 is 1.90 bits per heavy atom. The molecule has 0 unspecified atom stereocenters. The third kappa shape index (κ3) is 5.13. The third-order valence-corrected chi connectivity index (χ3v) is 4.90. The van der Waals surface area contributed by atoms with Gasteiger partial charge >= 0.3 is 0 Å². The van der Waals surface area contributed by atoms with Gasteiger partial charge in [0.25, 0.3) is 5.91 Å². The second-order valence-corrected chi connectivity index (χ2v) is 6.94. The van der Waals surface area contributed by atoms with Crippen LogP contribution in [0.5, 0.6) is 0 Å². The molecular weight excluding hydrogens is 409 g/mol. The molecule has 1 N–H and O–H groups in total. The molecule has 148 valence electrons. The highest BCUT2D eigenvalue weighted by Gasteiger charge is 2.29. The van der Waals surface area contributed by atoms with E-state index in [2.05, 4.69) is 15.5 Å². The van der Waals surface area contributed by atoms with Crippen LogP contribution in [0.4, 0.5) is 5.69 Å². The lowest BCUT2D eigenvalue weighted by Gasteiger charge is -2.10. The zero-order valence-corrected chi connectivity index (χ0v) is 17.0. The Morgan fingerprint density at radius 1 is 1.10 bits per heavy atom. The van der Waals surface area contributed by atoms with Gasteiger partial charge in [0.15, 0.2) is 0 Å². The second kappa shape index (κ2) is 9.54. The number of pyridine rings is 1. The van der Waals surface area contributed by atoms with Crippen LogP contribution in [-0.2, 0) is 16.1 Å². The molecule has 0 aliphatic carbocycles. The van der Waals surface area contributed by atoms with Crippen LogP contribution in [0.3, 0.4) is 0 Å². The second-order valence-electron chi connectivity index (χ2n) is 6.53. The Kier molecular flexibility index (Phi) is 6.86. The van der Waals surface area contributed by atoms with E-state index in [1.807, 2.05) is 60.7 Å². The highest BCUT2D eigenvalue weighted by atomic mass is 35.5. The summed E-state index contributed by atoms with van der Waals surface area (Å²) in [7, 11) is 0. The fourth-order valence-electron chi connectivity index (χ4n) is 3.01. The summed E-state index contributed by atoms with van der Waals surface area (Å²) in [6, 6.07) is 19.2. The minimum Gasteiger partial charge on any atom is -0.382 e. The van der Waals surface area contributed by atoms with Gasteiger partial charge in [-0.05, 0) is 47.9 Å². The largest absolute Gasteiger partial charge is 0.382 e. The molecule has 3 aromatic rings. The maximum absolute atomic E-state index is 12.5. The molecule has 7 heteroatoms. The summed E-state index contributed by atoms with van der Waals surface area (Å²) in [6.45, 7) is 0. The Bertz CT molecular complexity index is 1010. The highest BCUT2D eigenvalue weighted by molar-refractivity contribution is 6.31. The smallest absolute Gasteiger partial charge is 0.268 e. The molecule has 1 amide bonds. The number of nitrogens with zero attached hydrogens (tertiary/aromatic N) is 2. The fraction of sp³-hybridized carbons (Fsp3) is 0.136. The van der Waals surface area contributed by atoms with Crippen molar-refractivity contribution in [3.63, 3.8) is 0 Å². The van der Waals surface area contributed by atoms with Gasteiger partial charge in [-0.15, -0.1) is 12.4 Å². The molecule has 0 radical (unpaired) electrons. The van der Waals surface area contributed by atoms with Crippen LogP contribution in [0.2, 0.25) is 5.02 Å². The number of carbonyl (C=O) groups is 1. The van der Waals surface area contributed by atoms with Crippen molar-refractivity contribution in [1.29, 1.82) is 0 Å². The first-order valence-corrected chi connectivity index (χ1v) is 9.33. The Morgan fingerprint density at radius 3 is 2.62 bits per heavy atom. The van der Waals surface area contributed by atoms with Crippen molar-refractivity contribution < 1.29 is 9.63 Å². The first-order chi connectivity index (χ1) is 13.7. The number of anilines is 1. The van der Waals surface area contributed by atoms with Crippen molar-refractivity contribution in [2.45, 2.75) is 18.9 Å². The van der Waals surface area contributed by atoms with Crippen molar-refractivity contribution in [2.75, 3.05) is 5.32 Å². The van der Waals surface area contributed by atoms with E-state index in [1.54, 1.807) is 12.4 Å². The lowest BCUT2D eigenvalue weighted by molar-refractivity contribution is -0.125. The number of amides is 1. The Labute approximate surface area is 180 Å². The van der Waals surface area contributed by atoms with E-state index in [0.29, 0.717) is 12.1 Å². The van der Waals surface area contributed by atoms with Crippen molar-refractivity contribution in [3.8, 4) is 0 Å². The van der Waals surface area contributed by atoms with Gasteiger partial charge in [0.1, 0.15) is 0 Å². The summed E-state index contributed by atoms with van der Waals surface area (Å²) in [5.41, 5.74) is 4.49. The van der Waals surface area contributed by atoms with Crippen LogP contribution in [0.25, 0.3) is 0 Å². The number of oxime groups is 1. The topological polar surface area (TPSA) is 63.6 Å². The summed E-state index contributed by atoms with van der Waals surface area (Å²) in [5.74, 6) is -0.221. The van der Waals surface area contributed by atoms with E-state index >= 15 is 0 Å². The van der Waals surface area contributed by atoms with Crippen LogP contribution < -0.4 is 5.32 Å². The molecule has 2 heterocycles. The Balaban J connectivity index is 0.00000240. The lowest BCUT2D eigenvalue weighted by Crippen LogP contribution is -2.28. The molecule has 0 saturated carbocycles. The third-order valence-electron chi connectivity index (χ3n) is 4.53. The van der Waals surface area contributed by atoms with Crippen LogP contribution in [0.1, 0.15) is 23.1 Å². The van der Waals surface area contributed by atoms with Gasteiger partial charge in [0.2, 0.25) is 6.10 Å². The quantitative estimate of drug-likeness (QED) is 0.630. The molecule has 2 aromatic carbocycles. The maximum Gasteiger partial charge on any atom is 0.268 e. The molecule has 29 heavy (non-hydrogen) atoms. The number of halogens is 2. The van der Waals surface area contributed by atoms with Gasteiger partial charge < -0.3 is 10.2 Å². The van der Waals surface area contributed by atoms with Crippen molar-refractivity contribution in [2.24, 2.45) is 5.16 Å². The fourth-order valence-corrected chi connectivity index (χ4v) is 3.21. The zero-order valence-electron chi connectivity index (χ0n) is 15.4. The minimum absolute atomic E-state index is 0. The predicted octanol–water partition coefficient (Wildman–Crippen LogP) is 4.88. The molecule has 4 rings (SSSR count). The zero-order chi connectivity index (χ0) is 19.3. The highest BCUT2D eigenvalue weighted by Crippen LogP contribution is 2.21. The molecular formula is C22H19Cl2N3O2. The van der Waals surface area contributed by atoms with Crippen LogP contribution in [0.15, 0.2) is 78.2 Å². The molecule has 1 aliphatic rings. The van der Waals surface area contributed by atoms with E-state index in [1.165, 1.54) is 0 Å². The molecule has 1 atom stereocenters. The summed E-state index contributed by atoms with van der Waals surface area (Å²) in [5, 5.41) is 7.65.